The Labute approximate surface area is 287 Å². The zero-order valence-corrected chi connectivity index (χ0v) is 28.2. The van der Waals surface area contributed by atoms with E-state index in [4.69, 9.17) is 54.2 Å². The van der Waals surface area contributed by atoms with Gasteiger partial charge in [-0.15, -0.1) is 11.3 Å². The first-order chi connectivity index (χ1) is 22.2. The molecular formula is C29H31Cl3F3N5O6S. The van der Waals surface area contributed by atoms with Crippen molar-refractivity contribution in [1.29, 1.82) is 0 Å². The third kappa shape index (κ3) is 11.8. The third-order valence-corrected chi connectivity index (χ3v) is 8.46. The van der Waals surface area contributed by atoms with Gasteiger partial charge in [-0.05, 0) is 43.1 Å². The predicted molar refractivity (Wildman–Crippen MR) is 174 cm³/mol. The lowest BCUT2D eigenvalue weighted by Gasteiger charge is -2.32. The van der Waals surface area contributed by atoms with Crippen LogP contribution >= 0.6 is 46.1 Å². The molecule has 3 N–H and O–H groups in total. The van der Waals surface area contributed by atoms with Crippen LogP contribution in [0, 0.1) is 0 Å². The number of likely N-dealkylation sites (N-methyl/N-ethyl adjacent to an activating group) is 1. The van der Waals surface area contributed by atoms with Gasteiger partial charge in [-0.2, -0.15) is 13.2 Å². The van der Waals surface area contributed by atoms with Crippen molar-refractivity contribution in [1.82, 2.24) is 14.8 Å². The van der Waals surface area contributed by atoms with Gasteiger partial charge in [-0.1, -0.05) is 34.8 Å². The maximum atomic E-state index is 13.5. The maximum Gasteiger partial charge on any atom is 0.490 e. The van der Waals surface area contributed by atoms with Crippen LogP contribution in [0.15, 0.2) is 35.8 Å². The largest absolute Gasteiger partial charge is 0.490 e. The molecule has 256 valence electrons. The lowest BCUT2D eigenvalue weighted by atomic mass is 10.1. The summed E-state index contributed by atoms with van der Waals surface area (Å²) in [6, 6.07) is 6.16. The van der Waals surface area contributed by atoms with Crippen molar-refractivity contribution in [2.24, 2.45) is 0 Å². The van der Waals surface area contributed by atoms with Crippen LogP contribution in [0.1, 0.15) is 32.5 Å². The lowest BCUT2D eigenvalue weighted by molar-refractivity contribution is -0.192. The zero-order chi connectivity index (χ0) is 34.7. The second kappa shape index (κ2) is 17.8. The van der Waals surface area contributed by atoms with Crippen molar-refractivity contribution in [2.45, 2.75) is 19.6 Å². The van der Waals surface area contributed by atoms with E-state index in [0.717, 1.165) is 31.7 Å². The minimum Gasteiger partial charge on any atom is -0.489 e. The molecule has 3 heterocycles. The molecule has 4 rings (SSSR count). The van der Waals surface area contributed by atoms with E-state index < -0.39 is 24.0 Å². The molecule has 0 radical (unpaired) electrons. The van der Waals surface area contributed by atoms with Crippen LogP contribution in [0.3, 0.4) is 0 Å². The maximum absolute atomic E-state index is 13.5. The van der Waals surface area contributed by atoms with Gasteiger partial charge >= 0.3 is 12.1 Å². The van der Waals surface area contributed by atoms with Gasteiger partial charge in [-0.25, -0.2) is 9.78 Å². The highest BCUT2D eigenvalue weighted by molar-refractivity contribution is 7.13. The molecule has 2 aromatic heterocycles. The summed E-state index contributed by atoms with van der Waals surface area (Å²) in [7, 11) is 2.10. The lowest BCUT2D eigenvalue weighted by Crippen LogP contribution is -2.43. The molecule has 0 saturated carbocycles. The molecule has 3 aromatic rings. The fourth-order valence-electron chi connectivity index (χ4n) is 4.05. The number of carbonyl (C=O) groups excluding carboxylic acids is 2. The molecule has 0 spiro atoms. The molecule has 1 saturated heterocycles. The molecule has 0 atom stereocenters. The molecule has 0 aliphatic carbocycles. The Morgan fingerprint density at radius 3 is 2.30 bits per heavy atom. The molecule has 47 heavy (non-hydrogen) atoms. The van der Waals surface area contributed by atoms with Crippen LogP contribution in [0.2, 0.25) is 15.1 Å². The number of piperazine rings is 1. The van der Waals surface area contributed by atoms with Crippen molar-refractivity contribution in [2.75, 3.05) is 63.7 Å². The molecule has 0 unspecified atom stereocenters. The van der Waals surface area contributed by atoms with E-state index in [1.165, 1.54) is 29.7 Å². The van der Waals surface area contributed by atoms with Gasteiger partial charge in [0.2, 0.25) is 0 Å². The van der Waals surface area contributed by atoms with Crippen LogP contribution in [0.5, 0.6) is 5.75 Å². The van der Waals surface area contributed by atoms with Crippen molar-refractivity contribution in [3.8, 4) is 5.75 Å². The third-order valence-electron chi connectivity index (χ3n) is 6.45. The summed E-state index contributed by atoms with van der Waals surface area (Å²) in [5.41, 5.74) is 1.13. The topological polar surface area (TPSA) is 133 Å². The number of benzene rings is 1. The minimum absolute atomic E-state index is 0.0920. The number of nitrogens with one attached hydrogen (secondary N) is 2. The monoisotopic (exact) mass is 739 g/mol. The molecule has 1 aliphatic rings. The summed E-state index contributed by atoms with van der Waals surface area (Å²) >= 11 is 20.2. The quantitative estimate of drug-likeness (QED) is 0.191. The first-order valence-electron chi connectivity index (χ1n) is 13.9. The van der Waals surface area contributed by atoms with Crippen molar-refractivity contribution in [3.63, 3.8) is 0 Å². The molecular weight excluding hydrogens is 710 g/mol. The van der Waals surface area contributed by atoms with E-state index in [1.807, 2.05) is 12.3 Å². The Hall–Kier alpha value is -3.18. The van der Waals surface area contributed by atoms with E-state index in [9.17, 15) is 22.8 Å². The first kappa shape index (κ1) is 38.3. The Bertz CT molecular complexity index is 1540. The molecule has 0 bridgehead atoms. The first-order valence-corrected chi connectivity index (χ1v) is 16.0. The number of anilines is 2. The van der Waals surface area contributed by atoms with Crippen molar-refractivity contribution < 1.29 is 42.1 Å². The van der Waals surface area contributed by atoms with Gasteiger partial charge in [-0.3, -0.25) is 14.5 Å². The Balaban J connectivity index is 0.000000771. The summed E-state index contributed by atoms with van der Waals surface area (Å²) in [6.45, 7) is 7.38. The second-order valence-electron chi connectivity index (χ2n) is 9.93. The number of halogens is 6. The van der Waals surface area contributed by atoms with Gasteiger partial charge in [0.1, 0.15) is 23.1 Å². The average Bonchev–Trinajstić information content (AvgIpc) is 3.37. The minimum atomic E-state index is -5.08. The molecule has 2 amide bonds. The zero-order valence-electron chi connectivity index (χ0n) is 25.1. The summed E-state index contributed by atoms with van der Waals surface area (Å²) in [6.07, 6.45) is -3.67. The smallest absolute Gasteiger partial charge is 0.489 e. The Morgan fingerprint density at radius 2 is 1.70 bits per heavy atom. The SMILES string of the molecule is CCOCCOc1cc(Cl)cc(C(=O)Nc2ccc(Cl)cn2)c1NC(=O)c1scc(CN2CCN(C)CC2)c1Cl.O=C(O)C(F)(F)F. The fraction of sp³-hybridized carbons (Fsp3) is 0.379. The number of nitrogens with zero attached hydrogens (tertiary/aromatic N) is 3. The average molecular weight is 741 g/mol. The number of pyridine rings is 1. The predicted octanol–water partition coefficient (Wildman–Crippen LogP) is 6.40. The highest BCUT2D eigenvalue weighted by Crippen LogP contribution is 2.36. The number of thiophene rings is 1. The number of aliphatic carboxylic acids is 1. The van der Waals surface area contributed by atoms with Gasteiger partial charge in [0.15, 0.2) is 0 Å². The van der Waals surface area contributed by atoms with E-state index in [1.54, 1.807) is 12.1 Å². The molecule has 1 aromatic carbocycles. The van der Waals surface area contributed by atoms with E-state index >= 15 is 0 Å². The van der Waals surface area contributed by atoms with Gasteiger partial charge in [0.25, 0.3) is 11.8 Å². The van der Waals surface area contributed by atoms with E-state index in [0.29, 0.717) is 34.7 Å². The molecule has 11 nitrogen and oxygen atoms in total. The number of carboxylic acid groups (broad SMARTS) is 1. The van der Waals surface area contributed by atoms with Crippen LogP contribution in [0.25, 0.3) is 0 Å². The van der Waals surface area contributed by atoms with Crippen LogP contribution in [-0.4, -0.2) is 96.9 Å². The van der Waals surface area contributed by atoms with Crippen LogP contribution in [-0.2, 0) is 16.1 Å². The van der Waals surface area contributed by atoms with Gasteiger partial charge < -0.3 is 30.1 Å². The van der Waals surface area contributed by atoms with Crippen LogP contribution < -0.4 is 15.4 Å². The number of hydrogen-bond acceptors (Lipinski definition) is 9. The van der Waals surface area contributed by atoms with Crippen LogP contribution in [0.4, 0.5) is 24.7 Å². The summed E-state index contributed by atoms with van der Waals surface area (Å²) < 4.78 is 43.0. The Kier molecular flexibility index (Phi) is 14.5. The fourth-order valence-corrected chi connectivity index (χ4v) is 5.61. The summed E-state index contributed by atoms with van der Waals surface area (Å²) in [4.78, 5) is 44.8. The number of aromatic nitrogens is 1. The number of amides is 2. The highest BCUT2D eigenvalue weighted by atomic mass is 35.5. The second-order valence-corrected chi connectivity index (χ2v) is 12.1. The van der Waals surface area contributed by atoms with Crippen molar-refractivity contribution in [3.05, 3.63) is 66.9 Å². The number of alkyl halides is 3. The van der Waals surface area contributed by atoms with E-state index in [-0.39, 0.29) is 34.4 Å². The normalized spacial score (nSPS) is 13.8. The summed E-state index contributed by atoms with van der Waals surface area (Å²) in [5, 5.41) is 15.6. The molecule has 18 heteroatoms. The number of ether oxygens (including phenoxy) is 2. The standard InChI is InChI=1S/C27H30Cl3N5O4S.C2HF3O2/c1-3-38-10-11-39-21-13-19(29)12-20(26(36)32-22-5-4-18(28)14-31-22)24(21)33-27(37)25-23(30)17(16-40-25)15-35-8-6-34(2)7-9-35;3-2(4,5)1(6)7/h4-5,12-14,16H,3,6-11,15H2,1-2H3,(H,33,37)(H,31,32,36);(H,6,7). The van der Waals surface area contributed by atoms with Gasteiger partial charge in [0.05, 0.1) is 27.9 Å². The number of carboxylic acids is 1. The van der Waals surface area contributed by atoms with Gasteiger partial charge in [0, 0.05) is 56.6 Å². The summed E-state index contributed by atoms with van der Waals surface area (Å²) in [5.74, 6) is -3.27. The van der Waals surface area contributed by atoms with Crippen molar-refractivity contribution >= 4 is 75.4 Å². The number of hydrogen-bond donors (Lipinski definition) is 3. The number of rotatable bonds is 11. The highest BCUT2D eigenvalue weighted by Gasteiger charge is 2.38. The Morgan fingerprint density at radius 1 is 1.02 bits per heavy atom. The van der Waals surface area contributed by atoms with E-state index in [2.05, 4.69) is 32.5 Å². The number of carbonyl (C=O) groups is 3. The molecule has 1 aliphatic heterocycles. The molecule has 1 fully saturated rings.